The number of nitrogens with zero attached hydrogens (tertiary/aromatic N) is 1. The van der Waals surface area contributed by atoms with E-state index in [2.05, 4.69) is 9.72 Å². The third kappa shape index (κ3) is 2.77. The third-order valence-electron chi connectivity index (χ3n) is 2.09. The third-order valence-corrected chi connectivity index (χ3v) is 2.09. The molecule has 0 bridgehead atoms. The summed E-state index contributed by atoms with van der Waals surface area (Å²) in [5.74, 6) is -2.39. The average Bonchev–Trinajstić information content (AvgIpc) is 2.35. The van der Waals surface area contributed by atoms with Crippen molar-refractivity contribution in [1.29, 1.82) is 0 Å². The minimum absolute atomic E-state index is 0.289. The van der Waals surface area contributed by atoms with Crippen LogP contribution in [0.2, 0.25) is 0 Å². The Hall–Kier alpha value is -1.99. The van der Waals surface area contributed by atoms with E-state index in [-0.39, 0.29) is 11.3 Å². The predicted octanol–water partition coefficient (Wildman–Crippen LogP) is -0.653. The van der Waals surface area contributed by atoms with Crippen LogP contribution >= 0.6 is 0 Å². The number of pyridine rings is 1. The first-order valence-electron chi connectivity index (χ1n) is 4.61. The number of hydrogen-bond acceptors (Lipinski definition) is 6. The van der Waals surface area contributed by atoms with Crippen molar-refractivity contribution < 1.29 is 29.6 Å². The van der Waals surface area contributed by atoms with E-state index in [0.29, 0.717) is 0 Å². The number of aromatic nitrogens is 1. The summed E-state index contributed by atoms with van der Waals surface area (Å²) in [6, 6.07) is 2.57. The fraction of sp³-hybridized carbons (Fsp3) is 0.300. The quantitative estimate of drug-likeness (QED) is 0.599. The standard InChI is InChI=1S/C10H11NO6/c1-17-10(16)8(13)7(12)6-5(9(14)15)3-2-4-11-6/h2-4,7-8,12-13H,1H3,(H,14,15). The van der Waals surface area contributed by atoms with Crippen LogP contribution in [0.4, 0.5) is 0 Å². The summed E-state index contributed by atoms with van der Waals surface area (Å²) in [6.07, 6.45) is -2.39. The number of carboxylic acids is 1. The topological polar surface area (TPSA) is 117 Å². The molecular formula is C10H11NO6. The molecule has 0 radical (unpaired) electrons. The molecule has 0 spiro atoms. The molecule has 2 atom stereocenters. The molecule has 2 unspecified atom stereocenters. The number of carboxylic acid groups (broad SMARTS) is 1. The normalized spacial score (nSPS) is 13.8. The molecule has 7 nitrogen and oxygen atoms in total. The van der Waals surface area contributed by atoms with Crippen LogP contribution in [-0.2, 0) is 9.53 Å². The minimum atomic E-state index is -1.88. The molecule has 0 aliphatic rings. The van der Waals surface area contributed by atoms with Gasteiger partial charge >= 0.3 is 11.9 Å². The first-order valence-corrected chi connectivity index (χ1v) is 4.61. The molecule has 17 heavy (non-hydrogen) atoms. The molecule has 0 fully saturated rings. The van der Waals surface area contributed by atoms with E-state index in [1.54, 1.807) is 0 Å². The van der Waals surface area contributed by atoms with Crippen molar-refractivity contribution in [3.05, 3.63) is 29.6 Å². The number of aliphatic hydroxyl groups excluding tert-OH is 2. The lowest BCUT2D eigenvalue weighted by Gasteiger charge is -2.16. The maximum absolute atomic E-state index is 11.0. The largest absolute Gasteiger partial charge is 0.478 e. The predicted molar refractivity (Wildman–Crippen MR) is 54.2 cm³/mol. The van der Waals surface area contributed by atoms with E-state index in [9.17, 15) is 19.8 Å². The highest BCUT2D eigenvalue weighted by Crippen LogP contribution is 2.19. The number of rotatable bonds is 4. The molecule has 0 aliphatic carbocycles. The highest BCUT2D eigenvalue weighted by atomic mass is 16.5. The van der Waals surface area contributed by atoms with E-state index in [4.69, 9.17) is 5.11 Å². The molecule has 3 N–H and O–H groups in total. The zero-order valence-electron chi connectivity index (χ0n) is 8.90. The van der Waals surface area contributed by atoms with Gasteiger partial charge in [0, 0.05) is 6.20 Å². The summed E-state index contributed by atoms with van der Waals surface area (Å²) >= 11 is 0. The van der Waals surface area contributed by atoms with Gasteiger partial charge in [0.2, 0.25) is 0 Å². The van der Waals surface area contributed by atoms with E-state index < -0.39 is 24.1 Å². The van der Waals surface area contributed by atoms with Gasteiger partial charge in [-0.15, -0.1) is 0 Å². The summed E-state index contributed by atoms with van der Waals surface area (Å²) in [6.45, 7) is 0. The summed E-state index contributed by atoms with van der Waals surface area (Å²) < 4.78 is 4.23. The molecule has 7 heteroatoms. The summed E-state index contributed by atoms with van der Waals surface area (Å²) in [5.41, 5.74) is -0.583. The lowest BCUT2D eigenvalue weighted by molar-refractivity contribution is -0.157. The second kappa shape index (κ2) is 5.37. The number of carbonyl (C=O) groups is 2. The first kappa shape index (κ1) is 13.1. The lowest BCUT2D eigenvalue weighted by atomic mass is 10.0. The van der Waals surface area contributed by atoms with Gasteiger partial charge in [0.1, 0.15) is 6.10 Å². The fourth-order valence-electron chi connectivity index (χ4n) is 1.23. The molecule has 1 heterocycles. The van der Waals surface area contributed by atoms with Crippen LogP contribution in [0.25, 0.3) is 0 Å². The first-order chi connectivity index (χ1) is 7.99. The summed E-state index contributed by atoms with van der Waals surface area (Å²) in [5, 5.41) is 27.9. The number of hydrogen-bond donors (Lipinski definition) is 3. The molecule has 1 rings (SSSR count). The zero-order valence-corrected chi connectivity index (χ0v) is 8.90. The maximum atomic E-state index is 11.0. The Morgan fingerprint density at radius 3 is 2.59 bits per heavy atom. The Kier molecular flexibility index (Phi) is 4.13. The van der Waals surface area contributed by atoms with Crippen molar-refractivity contribution in [2.24, 2.45) is 0 Å². The molecule has 0 saturated heterocycles. The number of aromatic carboxylic acids is 1. The molecule has 0 aliphatic heterocycles. The van der Waals surface area contributed by atoms with E-state index >= 15 is 0 Å². The van der Waals surface area contributed by atoms with Gasteiger partial charge in [0.05, 0.1) is 18.4 Å². The van der Waals surface area contributed by atoms with Crippen molar-refractivity contribution in [1.82, 2.24) is 4.98 Å². The van der Waals surface area contributed by atoms with Crippen LogP contribution in [0.3, 0.4) is 0 Å². The van der Waals surface area contributed by atoms with Crippen molar-refractivity contribution >= 4 is 11.9 Å². The summed E-state index contributed by atoms with van der Waals surface area (Å²) in [7, 11) is 1.04. The van der Waals surface area contributed by atoms with E-state index in [1.807, 2.05) is 0 Å². The molecule has 0 amide bonds. The van der Waals surface area contributed by atoms with Gasteiger partial charge in [-0.05, 0) is 12.1 Å². The zero-order chi connectivity index (χ0) is 13.0. The van der Waals surface area contributed by atoms with Gasteiger partial charge in [-0.1, -0.05) is 0 Å². The Balaban J connectivity index is 3.07. The number of esters is 1. The smallest absolute Gasteiger partial charge is 0.337 e. The lowest BCUT2D eigenvalue weighted by Crippen LogP contribution is -2.30. The van der Waals surface area contributed by atoms with Gasteiger partial charge in [-0.25, -0.2) is 9.59 Å². The second-order valence-corrected chi connectivity index (χ2v) is 3.15. The van der Waals surface area contributed by atoms with Crippen LogP contribution in [-0.4, -0.2) is 45.5 Å². The van der Waals surface area contributed by atoms with Crippen LogP contribution in [0, 0.1) is 0 Å². The summed E-state index contributed by atoms with van der Waals surface area (Å²) in [4.78, 5) is 25.5. The number of ether oxygens (including phenoxy) is 1. The molecule has 0 saturated carbocycles. The number of aliphatic hydroxyl groups is 2. The fourth-order valence-corrected chi connectivity index (χ4v) is 1.23. The van der Waals surface area contributed by atoms with Crippen molar-refractivity contribution in [2.45, 2.75) is 12.2 Å². The average molecular weight is 241 g/mol. The van der Waals surface area contributed by atoms with Crippen LogP contribution in [0.1, 0.15) is 22.2 Å². The highest BCUT2D eigenvalue weighted by Gasteiger charge is 2.30. The Bertz CT molecular complexity index is 433. The van der Waals surface area contributed by atoms with Gasteiger partial charge in [0.15, 0.2) is 6.10 Å². The van der Waals surface area contributed by atoms with Crippen molar-refractivity contribution in [3.63, 3.8) is 0 Å². The molecule has 92 valence electrons. The molecule has 1 aromatic rings. The molecular weight excluding hydrogens is 230 g/mol. The highest BCUT2D eigenvalue weighted by molar-refractivity contribution is 5.89. The van der Waals surface area contributed by atoms with Crippen LogP contribution < -0.4 is 0 Å². The minimum Gasteiger partial charge on any atom is -0.478 e. The maximum Gasteiger partial charge on any atom is 0.337 e. The second-order valence-electron chi connectivity index (χ2n) is 3.15. The van der Waals surface area contributed by atoms with Gasteiger partial charge < -0.3 is 20.1 Å². The van der Waals surface area contributed by atoms with Crippen LogP contribution in [0.5, 0.6) is 0 Å². The van der Waals surface area contributed by atoms with Crippen LogP contribution in [0.15, 0.2) is 18.3 Å². The molecule has 1 aromatic heterocycles. The Morgan fingerprint density at radius 1 is 1.41 bits per heavy atom. The Morgan fingerprint density at radius 2 is 2.06 bits per heavy atom. The van der Waals surface area contributed by atoms with Gasteiger partial charge in [-0.2, -0.15) is 0 Å². The Labute approximate surface area is 96.3 Å². The van der Waals surface area contributed by atoms with Crippen molar-refractivity contribution in [3.8, 4) is 0 Å². The van der Waals surface area contributed by atoms with Gasteiger partial charge in [-0.3, -0.25) is 4.98 Å². The van der Waals surface area contributed by atoms with E-state index in [1.165, 1.54) is 18.3 Å². The van der Waals surface area contributed by atoms with Gasteiger partial charge in [0.25, 0.3) is 0 Å². The van der Waals surface area contributed by atoms with Crippen molar-refractivity contribution in [2.75, 3.05) is 7.11 Å². The number of carbonyl (C=O) groups excluding carboxylic acids is 1. The SMILES string of the molecule is COC(=O)C(O)C(O)c1ncccc1C(=O)O. The molecule has 0 aromatic carbocycles. The monoisotopic (exact) mass is 241 g/mol. The number of methoxy groups -OCH3 is 1. The van der Waals surface area contributed by atoms with E-state index in [0.717, 1.165) is 7.11 Å².